The first-order chi connectivity index (χ1) is 18.5. The number of aromatic nitrogens is 2. The summed E-state index contributed by atoms with van der Waals surface area (Å²) < 4.78 is 58.6. The Bertz CT molecular complexity index is 1320. The highest BCUT2D eigenvalue weighted by Gasteiger charge is 2.44. The molecule has 1 saturated heterocycles. The van der Waals surface area contributed by atoms with E-state index in [2.05, 4.69) is 25.9 Å². The molecule has 1 unspecified atom stereocenters. The molecule has 1 aliphatic heterocycles. The Morgan fingerprint density at radius 3 is 2.36 bits per heavy atom. The minimum Gasteiger partial charge on any atom is -0.378 e. The van der Waals surface area contributed by atoms with Gasteiger partial charge in [0.25, 0.3) is 5.91 Å². The maximum atomic E-state index is 13.4. The third-order valence-corrected chi connectivity index (χ3v) is 6.23. The number of amides is 2. The Labute approximate surface area is 222 Å². The second-order valence-electron chi connectivity index (χ2n) is 9.52. The zero-order valence-corrected chi connectivity index (χ0v) is 21.2. The summed E-state index contributed by atoms with van der Waals surface area (Å²) in [5, 5.41) is 8.21. The van der Waals surface area contributed by atoms with Crippen molar-refractivity contribution in [1.29, 1.82) is 0 Å². The van der Waals surface area contributed by atoms with Gasteiger partial charge >= 0.3 is 6.18 Å². The molecule has 39 heavy (non-hydrogen) atoms. The Kier molecular flexibility index (Phi) is 8.14. The summed E-state index contributed by atoms with van der Waals surface area (Å²) >= 11 is 0. The fourth-order valence-corrected chi connectivity index (χ4v) is 4.02. The van der Waals surface area contributed by atoms with Crippen LogP contribution in [0.1, 0.15) is 53.5 Å². The molecule has 1 aliphatic rings. The van der Waals surface area contributed by atoms with Gasteiger partial charge in [-0.1, -0.05) is 26.0 Å². The molecule has 0 radical (unpaired) electrons. The Hall–Kier alpha value is -4.06. The minimum atomic E-state index is -4.73. The lowest BCUT2D eigenvalue weighted by atomic mass is 9.96. The largest absolute Gasteiger partial charge is 0.418 e. The number of halogens is 4. The van der Waals surface area contributed by atoms with E-state index in [1.54, 1.807) is 24.3 Å². The average molecular weight is 546 g/mol. The molecule has 2 amide bonds. The van der Waals surface area contributed by atoms with Gasteiger partial charge in [-0.3, -0.25) is 9.59 Å². The monoisotopic (exact) mass is 545 g/mol. The van der Waals surface area contributed by atoms with Crippen molar-refractivity contribution in [3.8, 4) is 0 Å². The third-order valence-electron chi connectivity index (χ3n) is 6.23. The zero-order valence-electron chi connectivity index (χ0n) is 21.2. The first-order valence-electron chi connectivity index (χ1n) is 12.2. The van der Waals surface area contributed by atoms with E-state index in [0.29, 0.717) is 29.7 Å². The van der Waals surface area contributed by atoms with E-state index in [0.717, 1.165) is 12.1 Å². The van der Waals surface area contributed by atoms with Gasteiger partial charge in [0.05, 0.1) is 23.4 Å². The van der Waals surface area contributed by atoms with Crippen LogP contribution in [0.25, 0.3) is 0 Å². The quantitative estimate of drug-likeness (QED) is 0.354. The topological polar surface area (TPSA) is 105 Å². The predicted molar refractivity (Wildman–Crippen MR) is 135 cm³/mol. The standard InChI is InChI=1S/C27H27F4N5O3/c1-16(2)23-32-13-18(14-33-23)24(37)36-26(9-10-39-15-26)25(38)34-12-17-3-6-20(7-4-17)35-22-8-5-19(28)11-21(22)27(29,30)31/h3-8,11,13-14,16,35H,9-10,12,15H2,1-2H3,(H,34,38)(H,36,37). The number of nitrogens with one attached hydrogen (secondary N) is 3. The van der Waals surface area contributed by atoms with Crippen molar-refractivity contribution in [3.63, 3.8) is 0 Å². The molecule has 12 heteroatoms. The van der Waals surface area contributed by atoms with Crippen LogP contribution in [0, 0.1) is 5.82 Å². The van der Waals surface area contributed by atoms with Crippen LogP contribution in [-0.2, 0) is 22.3 Å². The number of hydrogen-bond acceptors (Lipinski definition) is 6. The normalized spacial score (nSPS) is 17.2. The van der Waals surface area contributed by atoms with Crippen molar-refractivity contribution in [2.45, 2.75) is 44.4 Å². The SMILES string of the molecule is CC(C)c1ncc(C(=O)NC2(C(=O)NCc3ccc(Nc4ccc(F)cc4C(F)(F)F)cc3)CCOC2)cn1. The Morgan fingerprint density at radius 1 is 1.08 bits per heavy atom. The summed E-state index contributed by atoms with van der Waals surface area (Å²) in [6, 6.07) is 8.74. The molecule has 2 heterocycles. The van der Waals surface area contributed by atoms with Gasteiger partial charge in [0.2, 0.25) is 5.91 Å². The Morgan fingerprint density at radius 2 is 1.77 bits per heavy atom. The van der Waals surface area contributed by atoms with E-state index in [9.17, 15) is 27.2 Å². The summed E-state index contributed by atoms with van der Waals surface area (Å²) in [6.45, 7) is 4.26. The molecule has 8 nitrogen and oxygen atoms in total. The fourth-order valence-electron chi connectivity index (χ4n) is 4.02. The molecular weight excluding hydrogens is 518 g/mol. The van der Waals surface area contributed by atoms with Gasteiger partial charge in [-0.25, -0.2) is 14.4 Å². The summed E-state index contributed by atoms with van der Waals surface area (Å²) in [6.07, 6.45) is -1.62. The van der Waals surface area contributed by atoms with Crippen molar-refractivity contribution >= 4 is 23.2 Å². The van der Waals surface area contributed by atoms with E-state index in [1.165, 1.54) is 12.4 Å². The molecule has 0 bridgehead atoms. The third kappa shape index (κ3) is 6.69. The van der Waals surface area contributed by atoms with Gasteiger partial charge in [-0.15, -0.1) is 0 Å². The maximum absolute atomic E-state index is 13.4. The van der Waals surface area contributed by atoms with E-state index in [1.807, 2.05) is 13.8 Å². The summed E-state index contributed by atoms with van der Waals surface area (Å²) in [5.74, 6) is -1.22. The molecule has 206 valence electrons. The van der Waals surface area contributed by atoms with E-state index < -0.39 is 34.9 Å². The lowest BCUT2D eigenvalue weighted by Crippen LogP contribution is -2.59. The smallest absolute Gasteiger partial charge is 0.378 e. The van der Waals surface area contributed by atoms with Gasteiger partial charge in [0, 0.05) is 43.6 Å². The highest BCUT2D eigenvalue weighted by atomic mass is 19.4. The van der Waals surface area contributed by atoms with E-state index >= 15 is 0 Å². The molecule has 1 atom stereocenters. The molecule has 1 aromatic heterocycles. The minimum absolute atomic E-state index is 0.00241. The maximum Gasteiger partial charge on any atom is 0.418 e. The van der Waals surface area contributed by atoms with Crippen LogP contribution in [0.5, 0.6) is 0 Å². The van der Waals surface area contributed by atoms with Crippen LogP contribution < -0.4 is 16.0 Å². The first kappa shape index (κ1) is 28.0. The van der Waals surface area contributed by atoms with E-state index in [4.69, 9.17) is 4.74 Å². The van der Waals surface area contributed by atoms with Crippen molar-refractivity contribution in [2.75, 3.05) is 18.5 Å². The molecule has 3 aromatic rings. The zero-order chi connectivity index (χ0) is 28.2. The van der Waals surface area contributed by atoms with Gasteiger partial charge in [0.15, 0.2) is 0 Å². The number of ether oxygens (including phenoxy) is 1. The van der Waals surface area contributed by atoms with Crippen molar-refractivity contribution in [2.24, 2.45) is 0 Å². The molecule has 0 saturated carbocycles. The number of benzene rings is 2. The predicted octanol–water partition coefficient (Wildman–Crippen LogP) is 4.71. The summed E-state index contributed by atoms with van der Waals surface area (Å²) in [7, 11) is 0. The van der Waals surface area contributed by atoms with Crippen molar-refractivity contribution in [1.82, 2.24) is 20.6 Å². The van der Waals surface area contributed by atoms with Crippen LogP contribution >= 0.6 is 0 Å². The summed E-state index contributed by atoms with van der Waals surface area (Å²) in [5.41, 5.74) is -1.44. The average Bonchev–Trinajstić information content (AvgIpc) is 3.38. The number of carbonyl (C=O) groups is 2. The van der Waals surface area contributed by atoms with Crippen LogP contribution in [0.4, 0.5) is 28.9 Å². The van der Waals surface area contributed by atoms with Crippen molar-refractivity contribution in [3.05, 3.63) is 83.2 Å². The van der Waals surface area contributed by atoms with Gasteiger partial charge in [-0.2, -0.15) is 13.2 Å². The molecule has 2 aromatic carbocycles. The van der Waals surface area contributed by atoms with Crippen LogP contribution in [-0.4, -0.2) is 40.5 Å². The number of rotatable bonds is 8. The first-order valence-corrected chi connectivity index (χ1v) is 12.2. The van der Waals surface area contributed by atoms with Crippen molar-refractivity contribution < 1.29 is 31.9 Å². The number of anilines is 2. The van der Waals surface area contributed by atoms with Crippen LogP contribution in [0.2, 0.25) is 0 Å². The molecule has 3 N–H and O–H groups in total. The number of carbonyl (C=O) groups excluding carboxylic acids is 2. The fraction of sp³-hybridized carbons (Fsp3) is 0.333. The van der Waals surface area contributed by atoms with Gasteiger partial charge in [-0.05, 0) is 35.9 Å². The lowest BCUT2D eigenvalue weighted by molar-refractivity contribution is -0.137. The second-order valence-corrected chi connectivity index (χ2v) is 9.52. The molecule has 0 aliphatic carbocycles. The second kappa shape index (κ2) is 11.4. The molecular formula is C27H27F4N5O3. The Balaban J connectivity index is 1.39. The van der Waals surface area contributed by atoms with Gasteiger partial charge in [0.1, 0.15) is 17.2 Å². The number of nitrogens with zero attached hydrogens (tertiary/aromatic N) is 2. The molecule has 4 rings (SSSR count). The number of hydrogen-bond donors (Lipinski definition) is 3. The van der Waals surface area contributed by atoms with E-state index in [-0.39, 0.29) is 36.7 Å². The van der Waals surface area contributed by atoms with Gasteiger partial charge < -0.3 is 20.7 Å². The highest BCUT2D eigenvalue weighted by molar-refractivity contribution is 5.99. The highest BCUT2D eigenvalue weighted by Crippen LogP contribution is 2.36. The number of alkyl halides is 3. The molecule has 0 spiro atoms. The van der Waals surface area contributed by atoms with Crippen LogP contribution in [0.15, 0.2) is 54.9 Å². The summed E-state index contributed by atoms with van der Waals surface area (Å²) in [4.78, 5) is 34.3. The van der Waals surface area contributed by atoms with Crippen LogP contribution in [0.3, 0.4) is 0 Å². The lowest BCUT2D eigenvalue weighted by Gasteiger charge is -2.27. The molecule has 1 fully saturated rings.